The van der Waals surface area contributed by atoms with Gasteiger partial charge < -0.3 is 29.2 Å². The van der Waals surface area contributed by atoms with E-state index in [9.17, 15) is 24.0 Å². The van der Waals surface area contributed by atoms with Gasteiger partial charge in [-0.05, 0) is 94.2 Å². The van der Waals surface area contributed by atoms with Gasteiger partial charge in [0, 0.05) is 92.3 Å². The van der Waals surface area contributed by atoms with Crippen molar-refractivity contribution in [2.45, 2.75) is 111 Å². The molecule has 3 saturated heterocycles. The summed E-state index contributed by atoms with van der Waals surface area (Å²) >= 11 is 1.42. The minimum Gasteiger partial charge on any atom is -0.464 e. The van der Waals surface area contributed by atoms with Crippen LogP contribution in [0.1, 0.15) is 89.6 Å². The van der Waals surface area contributed by atoms with Gasteiger partial charge in [-0.3, -0.25) is 38.9 Å². The molecule has 69 heavy (non-hydrogen) atoms. The number of fused-ring (bicyclic) bond motifs is 6. The molecule has 2 N–H and O–H groups in total. The summed E-state index contributed by atoms with van der Waals surface area (Å²) in [5.74, 6) is 3.43. The average Bonchev–Trinajstić information content (AvgIpc) is 4.07. The number of nitrogens with zero attached hydrogens (tertiary/aromatic N) is 7. The van der Waals surface area contributed by atoms with E-state index in [1.165, 1.54) is 21.2 Å². The molecule has 0 unspecified atom stereocenters. The van der Waals surface area contributed by atoms with Crippen LogP contribution >= 0.6 is 11.3 Å². The zero-order valence-electron chi connectivity index (χ0n) is 41.3. The predicted octanol–water partition coefficient (Wildman–Crippen LogP) is 5.24. The van der Waals surface area contributed by atoms with Gasteiger partial charge in [-0.1, -0.05) is 39.7 Å². The fourth-order valence-electron chi connectivity index (χ4n) is 10.2. The average molecular weight is 962 g/mol. The number of pyridine rings is 1. The molecule has 6 bridgehead atoms. The number of methoxy groups -OCH3 is 1. The Hall–Kier alpha value is -5.67. The van der Waals surface area contributed by atoms with Gasteiger partial charge in [0.15, 0.2) is 0 Å². The Labute approximate surface area is 409 Å². The topological polar surface area (TPSA) is 172 Å². The molecule has 0 spiro atoms. The van der Waals surface area contributed by atoms with Crippen LogP contribution in [-0.4, -0.2) is 142 Å². The third kappa shape index (κ3) is 10.7. The highest BCUT2D eigenvalue weighted by Gasteiger charge is 2.40. The summed E-state index contributed by atoms with van der Waals surface area (Å²) in [7, 11) is 3.34. The summed E-state index contributed by atoms with van der Waals surface area (Å²) < 4.78 is 14.3. The van der Waals surface area contributed by atoms with Crippen molar-refractivity contribution in [3.05, 3.63) is 58.2 Å². The van der Waals surface area contributed by atoms with Crippen LogP contribution in [0, 0.1) is 29.1 Å². The second kappa shape index (κ2) is 21.1. The number of ether oxygens (including phenoxy) is 2. The lowest BCUT2D eigenvalue weighted by atomic mass is 9.84. The van der Waals surface area contributed by atoms with E-state index in [2.05, 4.69) is 77.1 Å². The number of thiazole rings is 1. The highest BCUT2D eigenvalue weighted by Crippen LogP contribution is 2.42. The van der Waals surface area contributed by atoms with Crippen LogP contribution in [0.15, 0.2) is 41.9 Å². The maximum atomic E-state index is 14.7. The molecular formula is C52H67N9O7S. The van der Waals surface area contributed by atoms with Crippen molar-refractivity contribution >= 4 is 51.8 Å². The van der Waals surface area contributed by atoms with E-state index < -0.39 is 41.3 Å². The van der Waals surface area contributed by atoms with Gasteiger partial charge in [-0.25, -0.2) is 10.4 Å². The smallest absolute Gasteiger partial charge is 0.324 e. The van der Waals surface area contributed by atoms with Gasteiger partial charge in [0.05, 0.1) is 47.3 Å². The Balaban J connectivity index is 1.09. The normalized spacial score (nSPS) is 21.7. The summed E-state index contributed by atoms with van der Waals surface area (Å²) in [6, 6.07) is 7.70. The number of benzene rings is 1. The fourth-order valence-corrected chi connectivity index (χ4v) is 11.0. The predicted molar refractivity (Wildman–Crippen MR) is 264 cm³/mol. The number of hydrogen-bond donors (Lipinski definition) is 2. The molecule has 4 aromatic rings. The minimum absolute atomic E-state index is 0.0867. The first-order chi connectivity index (χ1) is 33.1. The number of amides is 4. The van der Waals surface area contributed by atoms with E-state index in [1.807, 2.05) is 32.2 Å². The number of nitrogens with one attached hydrogen (secondary N) is 2. The Bertz CT molecular complexity index is 2640. The van der Waals surface area contributed by atoms with Crippen LogP contribution in [-0.2, 0) is 52.8 Å². The molecule has 16 nitrogen and oxygen atoms in total. The first-order valence-corrected chi connectivity index (χ1v) is 25.3. The zero-order valence-corrected chi connectivity index (χ0v) is 42.1. The Morgan fingerprint density at radius 1 is 1.09 bits per heavy atom. The van der Waals surface area contributed by atoms with Gasteiger partial charge in [0.1, 0.15) is 18.1 Å². The summed E-state index contributed by atoms with van der Waals surface area (Å²) in [6.45, 7) is 16.3. The van der Waals surface area contributed by atoms with Crippen molar-refractivity contribution in [2.75, 3.05) is 60.0 Å². The van der Waals surface area contributed by atoms with Crippen LogP contribution in [0.25, 0.3) is 33.4 Å². The lowest BCUT2D eigenvalue weighted by Crippen LogP contribution is -2.62. The fraction of sp³-hybridized carbons (Fsp3) is 0.558. The third-order valence-electron chi connectivity index (χ3n) is 14.1. The number of cyclic esters (lactones) is 1. The first-order valence-electron chi connectivity index (χ1n) is 24.5. The molecule has 17 heteroatoms. The van der Waals surface area contributed by atoms with Crippen molar-refractivity contribution in [3.63, 3.8) is 0 Å². The lowest BCUT2D eigenvalue weighted by Gasteiger charge is -2.37. The standard InChI is InChI=1S/C52H67N9O7S/c1-9-60-42-18-17-34-26-37(42)38(47(60)36-14-10-20-53-45(36)33(4)67-8)28-52(5,6)31-68-51(66)39-15-11-24-61(56-39)50(65)40(27-43-54-41(34)30-69-43)55-48(63)46(32(2)3)57(7)49(64)35-19-25-58(29-35)21-12-16-44(62)59-22-13-23-59/h10,14,17-18,20,26,30,32-33,35,39-40,46,56H,9,11,13,15,19,21-25,27-29,31H2,1-8H3,(H,55,63)/t33-,35-,39-,40-,46-/m0/s1. The molecule has 368 valence electrons. The van der Waals surface area contributed by atoms with Crippen LogP contribution < -0.4 is 10.7 Å². The molecule has 3 fully saturated rings. The number of likely N-dealkylation sites (N-methyl/N-ethyl adjacent to an activating group) is 1. The summed E-state index contributed by atoms with van der Waals surface area (Å²) in [4.78, 5) is 84.7. The molecule has 0 saturated carbocycles. The second-order valence-corrected chi connectivity index (χ2v) is 21.0. The molecule has 0 aliphatic carbocycles. The van der Waals surface area contributed by atoms with E-state index in [0.717, 1.165) is 64.2 Å². The Kier molecular flexibility index (Phi) is 15.2. The number of esters is 1. The molecule has 4 amide bonds. The molecule has 8 rings (SSSR count). The van der Waals surface area contributed by atoms with Crippen LogP contribution in [0.3, 0.4) is 0 Å². The van der Waals surface area contributed by atoms with Crippen molar-refractivity contribution in [1.82, 2.24) is 45.0 Å². The Morgan fingerprint density at radius 2 is 1.88 bits per heavy atom. The largest absolute Gasteiger partial charge is 0.464 e. The number of hydrazine groups is 1. The zero-order chi connectivity index (χ0) is 49.1. The number of aromatic nitrogens is 3. The lowest BCUT2D eigenvalue weighted by molar-refractivity contribution is -0.155. The summed E-state index contributed by atoms with van der Waals surface area (Å²) in [5, 5.41) is 8.17. The number of aryl methyl sites for hydroxylation is 1. The van der Waals surface area contributed by atoms with Gasteiger partial charge >= 0.3 is 5.97 Å². The van der Waals surface area contributed by atoms with Crippen LogP contribution in [0.2, 0.25) is 0 Å². The van der Waals surface area contributed by atoms with Gasteiger partial charge in [0.25, 0.3) is 11.8 Å². The highest BCUT2D eigenvalue weighted by molar-refractivity contribution is 7.10. The van der Waals surface area contributed by atoms with Gasteiger partial charge in [-0.15, -0.1) is 11.3 Å². The molecule has 5 atom stereocenters. The number of rotatable bonds is 10. The van der Waals surface area contributed by atoms with E-state index >= 15 is 0 Å². The van der Waals surface area contributed by atoms with E-state index in [4.69, 9.17) is 19.4 Å². The van der Waals surface area contributed by atoms with E-state index in [-0.39, 0.29) is 42.8 Å². The molecule has 3 aromatic heterocycles. The number of likely N-dealkylation sites (tertiary alicyclic amines) is 2. The SMILES string of the molecule is CCn1c(-c2cccnc2[C@H](C)OC)c2c3cc(ccc31)-c1csc(n1)C[C@H](NC(=O)[C@H](C(C)C)N(C)C(=O)[C@H]1CCN(CC#CC(=O)N3CCC3)C1)C(=O)N1CCC[C@H](N1)C(=O)OCC(C)(C)C2. The maximum Gasteiger partial charge on any atom is 0.324 e. The van der Waals surface area contributed by atoms with Gasteiger partial charge in [-0.2, -0.15) is 0 Å². The molecular weight excluding hydrogens is 895 g/mol. The van der Waals surface area contributed by atoms with Crippen LogP contribution in [0.5, 0.6) is 0 Å². The van der Waals surface area contributed by atoms with Crippen molar-refractivity contribution in [1.29, 1.82) is 0 Å². The number of carbonyl (C=O) groups is 5. The van der Waals surface area contributed by atoms with Crippen molar-refractivity contribution < 1.29 is 33.4 Å². The molecule has 4 aliphatic rings. The van der Waals surface area contributed by atoms with Crippen LogP contribution in [0.4, 0.5) is 0 Å². The first kappa shape index (κ1) is 49.7. The summed E-state index contributed by atoms with van der Waals surface area (Å²) in [5.41, 5.74) is 9.30. The van der Waals surface area contributed by atoms with E-state index in [0.29, 0.717) is 63.4 Å². The molecule has 1 aromatic carbocycles. The van der Waals surface area contributed by atoms with Gasteiger partial charge in [0.2, 0.25) is 11.8 Å². The monoisotopic (exact) mass is 961 g/mol. The quantitative estimate of drug-likeness (QED) is 0.157. The molecule has 7 heterocycles. The third-order valence-corrected chi connectivity index (χ3v) is 15.0. The highest BCUT2D eigenvalue weighted by atomic mass is 32.1. The maximum absolute atomic E-state index is 14.7. The minimum atomic E-state index is -1.07. The van der Waals surface area contributed by atoms with Crippen molar-refractivity contribution in [3.8, 4) is 34.4 Å². The molecule has 4 aliphatic heterocycles. The van der Waals surface area contributed by atoms with E-state index in [1.54, 1.807) is 25.3 Å². The second-order valence-electron chi connectivity index (χ2n) is 20.1. The number of carbonyl (C=O) groups excluding carboxylic acids is 5. The summed E-state index contributed by atoms with van der Waals surface area (Å²) in [6.07, 6.45) is 4.82. The molecule has 0 radical (unpaired) electrons. The number of hydrogen-bond acceptors (Lipinski definition) is 12. The Morgan fingerprint density at radius 3 is 2.61 bits per heavy atom. The van der Waals surface area contributed by atoms with Crippen molar-refractivity contribution in [2.24, 2.45) is 17.3 Å².